The van der Waals surface area contributed by atoms with Crippen molar-refractivity contribution in [2.24, 2.45) is 0 Å². The smallest absolute Gasteiger partial charge is 0.350 e. The lowest BCUT2D eigenvalue weighted by atomic mass is 10.1. The fourth-order valence-corrected chi connectivity index (χ4v) is 3.41. The van der Waals surface area contributed by atoms with Crippen LogP contribution in [0.15, 0.2) is 6.07 Å². The number of esters is 1. The van der Waals surface area contributed by atoms with Gasteiger partial charge in [-0.15, -0.1) is 11.3 Å². The number of carbonyl (C=O) groups excluding carboxylic acids is 1. The lowest BCUT2D eigenvalue weighted by Crippen LogP contribution is -2.36. The summed E-state index contributed by atoms with van der Waals surface area (Å²) >= 11 is 1.41. The zero-order valence-electron chi connectivity index (χ0n) is 12.1. The number of ether oxygens (including phenoxy) is 2. The van der Waals surface area contributed by atoms with Gasteiger partial charge in [0, 0.05) is 19.7 Å². The van der Waals surface area contributed by atoms with Crippen LogP contribution < -0.4 is 10.6 Å². The molecule has 5 nitrogen and oxygen atoms in total. The van der Waals surface area contributed by atoms with Crippen LogP contribution in [0.3, 0.4) is 0 Å². The first-order valence-corrected chi connectivity index (χ1v) is 7.90. The van der Waals surface area contributed by atoms with Crippen molar-refractivity contribution in [3.63, 3.8) is 0 Å². The topological polar surface area (TPSA) is 64.8 Å². The number of hydrogen-bond acceptors (Lipinski definition) is 6. The highest BCUT2D eigenvalue weighted by molar-refractivity contribution is 7.18. The summed E-state index contributed by atoms with van der Waals surface area (Å²) in [5.74, 6) is -0.328. The third-order valence-electron chi connectivity index (χ3n) is 3.36. The molecular weight excluding hydrogens is 276 g/mol. The minimum absolute atomic E-state index is 0.328. The second-order valence-corrected chi connectivity index (χ2v) is 5.76. The molecule has 1 saturated heterocycles. The van der Waals surface area contributed by atoms with Crippen LogP contribution in [0.4, 0.5) is 10.7 Å². The van der Waals surface area contributed by atoms with E-state index < -0.39 is 0 Å². The molecule has 2 heterocycles. The zero-order chi connectivity index (χ0) is 14.5. The van der Waals surface area contributed by atoms with E-state index in [-0.39, 0.29) is 5.97 Å². The first-order chi connectivity index (χ1) is 9.65. The highest BCUT2D eigenvalue weighted by Gasteiger charge is 2.23. The van der Waals surface area contributed by atoms with Crippen LogP contribution in [0.2, 0.25) is 0 Å². The molecule has 0 atom stereocenters. The Kier molecular flexibility index (Phi) is 5.25. The molecule has 0 aromatic carbocycles. The molecule has 2 rings (SSSR count). The number of nitrogens with zero attached hydrogens (tertiary/aromatic N) is 1. The molecule has 0 radical (unpaired) electrons. The Bertz CT molecular complexity index is 453. The van der Waals surface area contributed by atoms with E-state index in [1.165, 1.54) is 11.3 Å². The van der Waals surface area contributed by atoms with Gasteiger partial charge in [0.2, 0.25) is 0 Å². The van der Waals surface area contributed by atoms with Crippen molar-refractivity contribution in [2.75, 3.05) is 36.9 Å². The largest absolute Gasteiger partial charge is 0.462 e. The number of rotatable bonds is 5. The lowest BCUT2D eigenvalue weighted by molar-refractivity contribution is 0.0460. The number of anilines is 2. The Balaban J connectivity index is 2.00. The van der Waals surface area contributed by atoms with Crippen LogP contribution in [0.25, 0.3) is 0 Å². The number of thiophene rings is 1. The van der Waals surface area contributed by atoms with Gasteiger partial charge in [0.05, 0.1) is 23.4 Å². The molecule has 0 unspecified atom stereocenters. The van der Waals surface area contributed by atoms with E-state index in [1.807, 2.05) is 13.0 Å². The van der Waals surface area contributed by atoms with E-state index >= 15 is 0 Å². The highest BCUT2D eigenvalue weighted by Crippen LogP contribution is 2.34. The van der Waals surface area contributed by atoms with Crippen molar-refractivity contribution in [3.05, 3.63) is 10.9 Å². The van der Waals surface area contributed by atoms with Gasteiger partial charge in [-0.3, -0.25) is 0 Å². The standard InChI is InChI=1S/C14H22N2O3S/c1-3-18-10-5-7-16(8-6-10)12-9-11(15)13(20-12)14(17)19-4-2/h9-10H,3-8,15H2,1-2H3. The molecule has 0 bridgehead atoms. The summed E-state index contributed by atoms with van der Waals surface area (Å²) in [5.41, 5.74) is 6.42. The van der Waals surface area contributed by atoms with E-state index in [1.54, 1.807) is 6.92 Å². The monoisotopic (exact) mass is 298 g/mol. The maximum absolute atomic E-state index is 11.8. The average Bonchev–Trinajstić information content (AvgIpc) is 2.82. The molecule has 6 heteroatoms. The van der Waals surface area contributed by atoms with E-state index in [4.69, 9.17) is 15.2 Å². The predicted molar refractivity (Wildman–Crippen MR) is 81.5 cm³/mol. The number of piperidine rings is 1. The summed E-state index contributed by atoms with van der Waals surface area (Å²) in [4.78, 5) is 14.5. The fraction of sp³-hybridized carbons (Fsp3) is 0.643. The van der Waals surface area contributed by atoms with Gasteiger partial charge in [0.25, 0.3) is 0 Å². The Morgan fingerprint density at radius 1 is 1.40 bits per heavy atom. The van der Waals surface area contributed by atoms with Gasteiger partial charge in [-0.1, -0.05) is 0 Å². The highest BCUT2D eigenvalue weighted by atomic mass is 32.1. The predicted octanol–water partition coefficient (Wildman–Crippen LogP) is 2.51. The van der Waals surface area contributed by atoms with E-state index in [9.17, 15) is 4.79 Å². The van der Waals surface area contributed by atoms with Gasteiger partial charge in [-0.05, 0) is 32.8 Å². The SMILES string of the molecule is CCOC(=O)c1sc(N2CCC(OCC)CC2)cc1N. The molecular formula is C14H22N2O3S. The molecule has 2 N–H and O–H groups in total. The second-order valence-electron chi connectivity index (χ2n) is 4.73. The van der Waals surface area contributed by atoms with E-state index in [0.29, 0.717) is 23.3 Å². The van der Waals surface area contributed by atoms with Crippen molar-refractivity contribution in [3.8, 4) is 0 Å². The molecule has 1 aromatic heterocycles. The number of nitrogen functional groups attached to an aromatic ring is 1. The minimum Gasteiger partial charge on any atom is -0.462 e. The summed E-state index contributed by atoms with van der Waals surface area (Å²) in [6.45, 7) is 6.83. The first-order valence-electron chi connectivity index (χ1n) is 7.08. The molecule has 0 aliphatic carbocycles. The van der Waals surface area contributed by atoms with Gasteiger partial charge >= 0.3 is 5.97 Å². The quantitative estimate of drug-likeness (QED) is 0.846. The van der Waals surface area contributed by atoms with Crippen LogP contribution in [-0.2, 0) is 9.47 Å². The van der Waals surface area contributed by atoms with Crippen LogP contribution >= 0.6 is 11.3 Å². The van der Waals surface area contributed by atoms with E-state index in [2.05, 4.69) is 4.90 Å². The number of carbonyl (C=O) groups is 1. The van der Waals surface area contributed by atoms with Gasteiger partial charge in [0.15, 0.2) is 0 Å². The zero-order valence-corrected chi connectivity index (χ0v) is 12.9. The Morgan fingerprint density at radius 2 is 2.10 bits per heavy atom. The maximum Gasteiger partial charge on any atom is 0.350 e. The first kappa shape index (κ1) is 15.1. The summed E-state index contributed by atoms with van der Waals surface area (Å²) in [6, 6.07) is 1.87. The maximum atomic E-state index is 11.8. The van der Waals surface area contributed by atoms with Crippen molar-refractivity contribution in [1.29, 1.82) is 0 Å². The third kappa shape index (κ3) is 3.43. The molecule has 1 aromatic rings. The molecule has 1 fully saturated rings. The molecule has 20 heavy (non-hydrogen) atoms. The van der Waals surface area contributed by atoms with Gasteiger partial charge in [0.1, 0.15) is 4.88 Å². The summed E-state index contributed by atoms with van der Waals surface area (Å²) in [5, 5.41) is 1.04. The normalized spacial score (nSPS) is 16.4. The summed E-state index contributed by atoms with van der Waals surface area (Å²) in [6.07, 6.45) is 2.39. The third-order valence-corrected chi connectivity index (χ3v) is 4.56. The summed E-state index contributed by atoms with van der Waals surface area (Å²) < 4.78 is 10.7. The average molecular weight is 298 g/mol. The molecule has 0 spiro atoms. The van der Waals surface area contributed by atoms with Crippen molar-refractivity contribution < 1.29 is 14.3 Å². The molecule has 1 aliphatic heterocycles. The van der Waals surface area contributed by atoms with E-state index in [0.717, 1.165) is 37.5 Å². The van der Waals surface area contributed by atoms with Crippen molar-refractivity contribution in [1.82, 2.24) is 0 Å². The second kappa shape index (κ2) is 6.95. The van der Waals surface area contributed by atoms with Crippen LogP contribution in [-0.4, -0.2) is 38.4 Å². The number of hydrogen-bond donors (Lipinski definition) is 1. The van der Waals surface area contributed by atoms with Gasteiger partial charge in [-0.2, -0.15) is 0 Å². The summed E-state index contributed by atoms with van der Waals surface area (Å²) in [7, 11) is 0. The molecule has 112 valence electrons. The van der Waals surface area contributed by atoms with Gasteiger partial charge in [-0.25, -0.2) is 4.79 Å². The fourth-order valence-electron chi connectivity index (χ4n) is 2.38. The molecule has 0 saturated carbocycles. The molecule has 1 aliphatic rings. The van der Waals surface area contributed by atoms with Crippen LogP contribution in [0, 0.1) is 0 Å². The van der Waals surface area contributed by atoms with Crippen molar-refractivity contribution in [2.45, 2.75) is 32.8 Å². The van der Waals surface area contributed by atoms with Crippen LogP contribution in [0.1, 0.15) is 36.4 Å². The number of nitrogens with two attached hydrogens (primary N) is 1. The Morgan fingerprint density at radius 3 is 2.70 bits per heavy atom. The van der Waals surface area contributed by atoms with Gasteiger partial charge < -0.3 is 20.1 Å². The Hall–Kier alpha value is -1.27. The lowest BCUT2D eigenvalue weighted by Gasteiger charge is -2.32. The van der Waals surface area contributed by atoms with Crippen LogP contribution in [0.5, 0.6) is 0 Å². The Labute approximate surface area is 123 Å². The van der Waals surface area contributed by atoms with Crippen molar-refractivity contribution >= 4 is 28.0 Å². The minimum atomic E-state index is -0.328. The molecule has 0 amide bonds.